The molecule has 0 spiro atoms. The topological polar surface area (TPSA) is 29.3 Å². The van der Waals surface area contributed by atoms with E-state index < -0.39 is 0 Å². The summed E-state index contributed by atoms with van der Waals surface area (Å²) in [5.74, 6) is 0.949. The molecule has 0 bridgehead atoms. The second-order valence-corrected chi connectivity index (χ2v) is 5.76. The van der Waals surface area contributed by atoms with Crippen molar-refractivity contribution in [1.82, 2.24) is 0 Å². The van der Waals surface area contributed by atoms with Crippen molar-refractivity contribution in [2.45, 2.75) is 44.6 Å². The average molecular weight is 244 g/mol. The van der Waals surface area contributed by atoms with Gasteiger partial charge in [0.1, 0.15) is 0 Å². The molecular weight excluding hydrogens is 220 g/mol. The van der Waals surface area contributed by atoms with E-state index in [1.54, 1.807) is 0 Å². The van der Waals surface area contributed by atoms with Crippen molar-refractivity contribution >= 4 is 5.69 Å². The van der Waals surface area contributed by atoms with Crippen LogP contribution in [-0.2, 0) is 6.42 Å². The Morgan fingerprint density at radius 1 is 1.11 bits per heavy atom. The number of rotatable bonds is 3. The van der Waals surface area contributed by atoms with Gasteiger partial charge in [-0.25, -0.2) is 0 Å². The number of nitrogens with two attached hydrogens (primary N) is 1. The van der Waals surface area contributed by atoms with Gasteiger partial charge in [-0.2, -0.15) is 0 Å². The van der Waals surface area contributed by atoms with E-state index in [1.807, 2.05) is 0 Å². The first-order chi connectivity index (χ1) is 8.90. The molecule has 2 heteroatoms. The van der Waals surface area contributed by atoms with Crippen LogP contribution in [0.4, 0.5) is 5.69 Å². The van der Waals surface area contributed by atoms with E-state index in [0.29, 0.717) is 0 Å². The van der Waals surface area contributed by atoms with Gasteiger partial charge in [-0.1, -0.05) is 31.0 Å². The van der Waals surface area contributed by atoms with Crippen LogP contribution in [0.5, 0.6) is 0 Å². The molecule has 1 aromatic carbocycles. The van der Waals surface area contributed by atoms with E-state index >= 15 is 0 Å². The van der Waals surface area contributed by atoms with E-state index in [0.717, 1.165) is 24.9 Å². The maximum atomic E-state index is 5.74. The van der Waals surface area contributed by atoms with Gasteiger partial charge in [0.05, 0.1) is 0 Å². The summed E-state index contributed by atoms with van der Waals surface area (Å²) in [5, 5.41) is 0. The molecule has 2 aliphatic rings. The molecule has 0 amide bonds. The first-order valence-corrected chi connectivity index (χ1v) is 7.45. The highest BCUT2D eigenvalue weighted by molar-refractivity contribution is 5.55. The van der Waals surface area contributed by atoms with Crippen LogP contribution in [0.3, 0.4) is 0 Å². The average Bonchev–Trinajstić information content (AvgIpc) is 2.84. The monoisotopic (exact) mass is 244 g/mol. The predicted molar refractivity (Wildman–Crippen MR) is 76.9 cm³/mol. The number of nitrogens with zero attached hydrogens (tertiary/aromatic N) is 1. The lowest BCUT2D eigenvalue weighted by Gasteiger charge is -2.34. The number of fused-ring (bicyclic) bond motifs is 1. The molecule has 1 aliphatic heterocycles. The van der Waals surface area contributed by atoms with Gasteiger partial charge < -0.3 is 10.6 Å². The minimum atomic E-state index is 0.749. The quantitative estimate of drug-likeness (QED) is 0.885. The van der Waals surface area contributed by atoms with E-state index in [1.165, 1.54) is 49.9 Å². The van der Waals surface area contributed by atoms with Crippen molar-refractivity contribution in [2.75, 3.05) is 18.0 Å². The van der Waals surface area contributed by atoms with E-state index in [2.05, 4.69) is 29.2 Å². The molecule has 1 aromatic rings. The van der Waals surface area contributed by atoms with Gasteiger partial charge >= 0.3 is 0 Å². The number of para-hydroxylation sites is 1. The lowest BCUT2D eigenvalue weighted by atomic mass is 9.85. The predicted octanol–water partition coefficient (Wildman–Crippen LogP) is 2.96. The highest BCUT2D eigenvalue weighted by Gasteiger charge is 2.36. The third-order valence-electron chi connectivity index (χ3n) is 4.72. The number of anilines is 1. The first kappa shape index (κ1) is 12.0. The van der Waals surface area contributed by atoms with Crippen molar-refractivity contribution in [3.8, 4) is 0 Å². The standard InChI is InChI=1S/C16H24N2/c17-11-9-13-5-1-3-7-15(13)18-12-10-14-6-2-4-8-16(14)18/h1,3,5,7,14,16H,2,4,6,8-12,17H2. The molecule has 1 aliphatic carbocycles. The van der Waals surface area contributed by atoms with E-state index in [-0.39, 0.29) is 0 Å². The van der Waals surface area contributed by atoms with Crippen LogP contribution in [0.1, 0.15) is 37.7 Å². The van der Waals surface area contributed by atoms with Gasteiger partial charge in [-0.05, 0) is 49.8 Å². The third-order valence-corrected chi connectivity index (χ3v) is 4.72. The molecule has 2 nitrogen and oxygen atoms in total. The van der Waals surface area contributed by atoms with Gasteiger partial charge in [0.25, 0.3) is 0 Å². The lowest BCUT2D eigenvalue weighted by Crippen LogP contribution is -2.35. The Kier molecular flexibility index (Phi) is 3.55. The third kappa shape index (κ3) is 2.14. The zero-order valence-corrected chi connectivity index (χ0v) is 11.1. The Morgan fingerprint density at radius 2 is 1.94 bits per heavy atom. The van der Waals surface area contributed by atoms with Crippen LogP contribution in [0.25, 0.3) is 0 Å². The number of hydrogen-bond donors (Lipinski definition) is 1. The number of benzene rings is 1. The molecular formula is C16H24N2. The van der Waals surface area contributed by atoms with Crippen molar-refractivity contribution in [2.24, 2.45) is 11.7 Å². The van der Waals surface area contributed by atoms with Gasteiger partial charge in [-0.3, -0.25) is 0 Å². The Balaban J connectivity index is 1.86. The SMILES string of the molecule is NCCc1ccccc1N1CCC2CCCCC21. The van der Waals surface area contributed by atoms with Crippen molar-refractivity contribution in [3.05, 3.63) is 29.8 Å². The fourth-order valence-electron chi connectivity index (χ4n) is 3.86. The van der Waals surface area contributed by atoms with Crippen LogP contribution in [0.2, 0.25) is 0 Å². The smallest absolute Gasteiger partial charge is 0.0401 e. The van der Waals surface area contributed by atoms with Gasteiger partial charge in [-0.15, -0.1) is 0 Å². The molecule has 18 heavy (non-hydrogen) atoms. The fourth-order valence-corrected chi connectivity index (χ4v) is 3.86. The summed E-state index contributed by atoms with van der Waals surface area (Å²) < 4.78 is 0. The molecule has 0 radical (unpaired) electrons. The second kappa shape index (κ2) is 5.31. The Hall–Kier alpha value is -1.02. The minimum absolute atomic E-state index is 0.749. The maximum Gasteiger partial charge on any atom is 0.0401 e. The largest absolute Gasteiger partial charge is 0.368 e. The summed E-state index contributed by atoms with van der Waals surface area (Å²) in [7, 11) is 0. The molecule has 1 heterocycles. The summed E-state index contributed by atoms with van der Waals surface area (Å²) >= 11 is 0. The second-order valence-electron chi connectivity index (χ2n) is 5.76. The minimum Gasteiger partial charge on any atom is -0.368 e. The van der Waals surface area contributed by atoms with Gasteiger partial charge in [0.2, 0.25) is 0 Å². The Labute approximate surface area is 110 Å². The van der Waals surface area contributed by atoms with Crippen LogP contribution in [0.15, 0.2) is 24.3 Å². The maximum absolute atomic E-state index is 5.74. The summed E-state index contributed by atoms with van der Waals surface area (Å²) in [4.78, 5) is 2.68. The molecule has 2 fully saturated rings. The molecule has 2 unspecified atom stereocenters. The normalized spacial score (nSPS) is 27.3. The van der Waals surface area contributed by atoms with Crippen molar-refractivity contribution in [3.63, 3.8) is 0 Å². The molecule has 0 aromatic heterocycles. The zero-order valence-electron chi connectivity index (χ0n) is 11.1. The van der Waals surface area contributed by atoms with Crippen LogP contribution >= 0.6 is 0 Å². The molecule has 98 valence electrons. The first-order valence-electron chi connectivity index (χ1n) is 7.45. The van der Waals surface area contributed by atoms with Crippen LogP contribution in [-0.4, -0.2) is 19.1 Å². The van der Waals surface area contributed by atoms with Crippen LogP contribution in [0, 0.1) is 5.92 Å². The number of hydrogen-bond acceptors (Lipinski definition) is 2. The Morgan fingerprint density at radius 3 is 2.83 bits per heavy atom. The summed E-state index contributed by atoms with van der Waals surface area (Å²) in [6.07, 6.45) is 8.09. The zero-order chi connectivity index (χ0) is 12.4. The molecule has 1 saturated heterocycles. The lowest BCUT2D eigenvalue weighted by molar-refractivity contribution is 0.342. The molecule has 2 atom stereocenters. The van der Waals surface area contributed by atoms with E-state index in [4.69, 9.17) is 5.73 Å². The summed E-state index contributed by atoms with van der Waals surface area (Å²) in [6.45, 7) is 2.00. The fraction of sp³-hybridized carbons (Fsp3) is 0.625. The highest BCUT2D eigenvalue weighted by Crippen LogP contribution is 2.39. The van der Waals surface area contributed by atoms with Crippen LogP contribution < -0.4 is 10.6 Å². The van der Waals surface area contributed by atoms with Gasteiger partial charge in [0, 0.05) is 18.3 Å². The summed E-state index contributed by atoms with van der Waals surface area (Å²) in [6, 6.07) is 9.66. The molecule has 1 saturated carbocycles. The van der Waals surface area contributed by atoms with Crippen molar-refractivity contribution < 1.29 is 0 Å². The highest BCUT2D eigenvalue weighted by atomic mass is 15.2. The molecule has 2 N–H and O–H groups in total. The van der Waals surface area contributed by atoms with Crippen molar-refractivity contribution in [1.29, 1.82) is 0 Å². The van der Waals surface area contributed by atoms with Gasteiger partial charge in [0.15, 0.2) is 0 Å². The van der Waals surface area contributed by atoms with E-state index in [9.17, 15) is 0 Å². The Bertz CT molecular complexity index is 402. The summed E-state index contributed by atoms with van der Waals surface area (Å²) in [5.41, 5.74) is 8.63. The molecule has 3 rings (SSSR count).